The van der Waals surface area contributed by atoms with E-state index in [1.807, 2.05) is 34.9 Å². The molecule has 3 heterocycles. The minimum Gasteiger partial charge on any atom is -0.486 e. The monoisotopic (exact) mass is 450 g/mol. The molecule has 2 aliphatic heterocycles. The lowest BCUT2D eigenvalue weighted by Crippen LogP contribution is -2.49. The number of nitrogens with zero attached hydrogens (tertiary/aromatic N) is 3. The SMILES string of the molecule is CC(NC(=O)CN1CCN(c2ccc(C(F)(F)F)cn2)CC1)c1ccc2c(c1)OCCO2. The summed E-state index contributed by atoms with van der Waals surface area (Å²) >= 11 is 0. The summed E-state index contributed by atoms with van der Waals surface area (Å²) in [6, 6.07) is 7.89. The highest BCUT2D eigenvalue weighted by Gasteiger charge is 2.31. The molecule has 32 heavy (non-hydrogen) atoms. The average Bonchev–Trinajstić information content (AvgIpc) is 2.78. The van der Waals surface area contributed by atoms with E-state index in [1.54, 1.807) is 0 Å². The van der Waals surface area contributed by atoms with Crippen LogP contribution in [0.25, 0.3) is 0 Å². The maximum absolute atomic E-state index is 12.7. The van der Waals surface area contributed by atoms with Crippen molar-refractivity contribution in [3.63, 3.8) is 0 Å². The molecule has 10 heteroatoms. The van der Waals surface area contributed by atoms with E-state index in [0.29, 0.717) is 56.7 Å². The van der Waals surface area contributed by atoms with Crippen LogP contribution in [-0.2, 0) is 11.0 Å². The molecule has 1 N–H and O–H groups in total. The zero-order valence-electron chi connectivity index (χ0n) is 17.7. The van der Waals surface area contributed by atoms with E-state index < -0.39 is 11.7 Å². The Hall–Kier alpha value is -3.01. The van der Waals surface area contributed by atoms with Crippen LogP contribution in [0.5, 0.6) is 11.5 Å². The van der Waals surface area contributed by atoms with Gasteiger partial charge in [-0.1, -0.05) is 6.07 Å². The van der Waals surface area contributed by atoms with Crippen LogP contribution in [0.4, 0.5) is 19.0 Å². The fraction of sp³-hybridized carbons (Fsp3) is 0.455. The van der Waals surface area contributed by atoms with Gasteiger partial charge in [0.1, 0.15) is 19.0 Å². The largest absolute Gasteiger partial charge is 0.486 e. The number of amides is 1. The molecule has 0 saturated carbocycles. The Kier molecular flexibility index (Phi) is 6.40. The van der Waals surface area contributed by atoms with Crippen LogP contribution >= 0.6 is 0 Å². The molecule has 2 aromatic rings. The fourth-order valence-corrected chi connectivity index (χ4v) is 3.78. The van der Waals surface area contributed by atoms with Crippen molar-refractivity contribution in [2.24, 2.45) is 0 Å². The molecular weight excluding hydrogens is 425 g/mol. The third kappa shape index (κ3) is 5.24. The van der Waals surface area contributed by atoms with Crippen molar-refractivity contribution in [3.05, 3.63) is 47.7 Å². The second-order valence-corrected chi connectivity index (χ2v) is 7.86. The molecule has 4 rings (SSSR count). The summed E-state index contributed by atoms with van der Waals surface area (Å²) in [5.74, 6) is 1.81. The number of carbonyl (C=O) groups excluding carboxylic acids is 1. The number of ether oxygens (including phenoxy) is 2. The Balaban J connectivity index is 1.25. The van der Waals surface area contributed by atoms with E-state index >= 15 is 0 Å². The number of piperazine rings is 1. The quantitative estimate of drug-likeness (QED) is 0.756. The number of benzene rings is 1. The van der Waals surface area contributed by atoms with Crippen molar-refractivity contribution < 1.29 is 27.4 Å². The van der Waals surface area contributed by atoms with Gasteiger partial charge in [-0.3, -0.25) is 9.69 Å². The van der Waals surface area contributed by atoms with Gasteiger partial charge in [0.25, 0.3) is 0 Å². The van der Waals surface area contributed by atoms with Crippen LogP contribution in [0.1, 0.15) is 24.1 Å². The summed E-state index contributed by atoms with van der Waals surface area (Å²) in [6.45, 7) is 5.61. The molecule has 1 aromatic heterocycles. The van der Waals surface area contributed by atoms with Gasteiger partial charge in [0.2, 0.25) is 5.91 Å². The van der Waals surface area contributed by atoms with Gasteiger partial charge in [0, 0.05) is 32.4 Å². The molecule has 7 nitrogen and oxygen atoms in total. The number of halogens is 3. The first-order valence-corrected chi connectivity index (χ1v) is 10.5. The Labute approximate surface area is 184 Å². The molecule has 1 fully saturated rings. The minimum absolute atomic E-state index is 0.0894. The average molecular weight is 450 g/mol. The topological polar surface area (TPSA) is 66.9 Å². The summed E-state index contributed by atoms with van der Waals surface area (Å²) in [7, 11) is 0. The lowest BCUT2D eigenvalue weighted by atomic mass is 10.1. The van der Waals surface area contributed by atoms with E-state index in [1.165, 1.54) is 6.07 Å². The highest BCUT2D eigenvalue weighted by atomic mass is 19.4. The molecular formula is C22H25F3N4O3. The van der Waals surface area contributed by atoms with E-state index in [9.17, 15) is 18.0 Å². The lowest BCUT2D eigenvalue weighted by Gasteiger charge is -2.35. The summed E-state index contributed by atoms with van der Waals surface area (Å²) in [4.78, 5) is 20.4. The molecule has 1 unspecified atom stereocenters. The first kappa shape index (κ1) is 22.2. The summed E-state index contributed by atoms with van der Waals surface area (Å²) < 4.78 is 49.2. The first-order chi connectivity index (χ1) is 15.3. The number of aromatic nitrogens is 1. The predicted octanol–water partition coefficient (Wildman–Crippen LogP) is 2.87. The first-order valence-electron chi connectivity index (χ1n) is 10.5. The maximum Gasteiger partial charge on any atom is 0.417 e. The van der Waals surface area contributed by atoms with E-state index in [-0.39, 0.29) is 18.5 Å². The van der Waals surface area contributed by atoms with Crippen LogP contribution in [0.15, 0.2) is 36.5 Å². The van der Waals surface area contributed by atoms with Crippen LogP contribution in [0, 0.1) is 0 Å². The standard InChI is InChI=1S/C22H25F3N4O3/c1-15(16-2-4-18-19(12-16)32-11-10-31-18)27-21(30)14-28-6-8-29(9-7-28)20-5-3-17(13-26-20)22(23,24)25/h2-5,12-13,15H,6-11,14H2,1H3,(H,27,30). The Morgan fingerprint density at radius 2 is 1.81 bits per heavy atom. The molecule has 1 aromatic carbocycles. The molecule has 0 bridgehead atoms. The number of nitrogens with one attached hydrogen (secondary N) is 1. The van der Waals surface area contributed by atoms with Crippen molar-refractivity contribution in [2.75, 3.05) is 50.8 Å². The Morgan fingerprint density at radius 3 is 2.47 bits per heavy atom. The van der Waals surface area contributed by atoms with Crippen LogP contribution in [-0.4, -0.2) is 61.7 Å². The van der Waals surface area contributed by atoms with Gasteiger partial charge in [0.05, 0.1) is 18.2 Å². The second-order valence-electron chi connectivity index (χ2n) is 7.86. The highest BCUT2D eigenvalue weighted by molar-refractivity contribution is 5.78. The molecule has 0 aliphatic carbocycles. The number of fused-ring (bicyclic) bond motifs is 1. The molecule has 0 spiro atoms. The van der Waals surface area contributed by atoms with Crippen LogP contribution in [0.3, 0.4) is 0 Å². The van der Waals surface area contributed by atoms with Gasteiger partial charge < -0.3 is 19.7 Å². The van der Waals surface area contributed by atoms with Crippen molar-refractivity contribution >= 4 is 11.7 Å². The molecule has 1 saturated heterocycles. The third-order valence-corrected chi connectivity index (χ3v) is 5.58. The van der Waals surface area contributed by atoms with E-state index in [0.717, 1.165) is 17.8 Å². The van der Waals surface area contributed by atoms with E-state index in [2.05, 4.69) is 10.3 Å². The Morgan fingerprint density at radius 1 is 1.09 bits per heavy atom. The lowest BCUT2D eigenvalue weighted by molar-refractivity contribution is -0.137. The van der Waals surface area contributed by atoms with E-state index in [4.69, 9.17) is 9.47 Å². The highest BCUT2D eigenvalue weighted by Crippen LogP contribution is 2.32. The van der Waals surface area contributed by atoms with Gasteiger partial charge in [-0.25, -0.2) is 4.98 Å². The molecule has 2 aliphatic rings. The van der Waals surface area contributed by atoms with Crippen molar-refractivity contribution in [1.82, 2.24) is 15.2 Å². The summed E-state index contributed by atoms with van der Waals surface area (Å²) in [6.07, 6.45) is -3.54. The van der Waals surface area contributed by atoms with Crippen LogP contribution in [0.2, 0.25) is 0 Å². The van der Waals surface area contributed by atoms with Gasteiger partial charge in [-0.15, -0.1) is 0 Å². The molecule has 1 amide bonds. The molecule has 172 valence electrons. The third-order valence-electron chi connectivity index (χ3n) is 5.58. The molecule has 1 atom stereocenters. The summed E-state index contributed by atoms with van der Waals surface area (Å²) in [5, 5.41) is 3.00. The summed E-state index contributed by atoms with van der Waals surface area (Å²) in [5.41, 5.74) is 0.171. The smallest absolute Gasteiger partial charge is 0.417 e. The number of rotatable bonds is 5. The number of alkyl halides is 3. The number of pyridine rings is 1. The van der Waals surface area contributed by atoms with Gasteiger partial charge in [-0.2, -0.15) is 13.2 Å². The number of hydrogen-bond acceptors (Lipinski definition) is 6. The fourth-order valence-electron chi connectivity index (χ4n) is 3.78. The normalized spacial score (nSPS) is 17.7. The van der Waals surface area contributed by atoms with Gasteiger partial charge in [0.15, 0.2) is 11.5 Å². The maximum atomic E-state index is 12.7. The zero-order chi connectivity index (χ0) is 22.7. The van der Waals surface area contributed by atoms with Crippen LogP contribution < -0.4 is 19.7 Å². The molecule has 0 radical (unpaired) electrons. The second kappa shape index (κ2) is 9.23. The van der Waals surface area contributed by atoms with Crippen molar-refractivity contribution in [2.45, 2.75) is 19.1 Å². The Bertz CT molecular complexity index is 944. The zero-order valence-corrected chi connectivity index (χ0v) is 17.7. The number of anilines is 1. The van der Waals surface area contributed by atoms with Gasteiger partial charge in [-0.05, 0) is 36.8 Å². The number of carbonyl (C=O) groups is 1. The van der Waals surface area contributed by atoms with Gasteiger partial charge >= 0.3 is 6.18 Å². The predicted molar refractivity (Wildman–Crippen MR) is 112 cm³/mol. The van der Waals surface area contributed by atoms with Crippen molar-refractivity contribution in [3.8, 4) is 11.5 Å². The number of hydrogen-bond donors (Lipinski definition) is 1. The minimum atomic E-state index is -4.39. The van der Waals surface area contributed by atoms with Crippen molar-refractivity contribution in [1.29, 1.82) is 0 Å².